The van der Waals surface area contributed by atoms with E-state index in [1.54, 1.807) is 11.3 Å². The van der Waals surface area contributed by atoms with Gasteiger partial charge in [0, 0.05) is 12.0 Å². The minimum atomic E-state index is 0.225. The smallest absolute Gasteiger partial charge is 0.165 e. The molecule has 1 unspecified atom stereocenters. The Hall–Kier alpha value is -0.450. The number of carbonyl (C=O) groups excluding carboxylic acids is 1. The molecule has 0 amide bonds. The Morgan fingerprint density at radius 1 is 1.33 bits per heavy atom. The molecule has 1 nitrogen and oxygen atoms in total. The third-order valence-corrected chi connectivity index (χ3v) is 5.69. The summed E-state index contributed by atoms with van der Waals surface area (Å²) in [6.07, 6.45) is 1.64. The lowest BCUT2D eigenvalue weighted by atomic mass is 9.75. The summed E-state index contributed by atoms with van der Waals surface area (Å²) in [4.78, 5) is 12.2. The zero-order valence-corrected chi connectivity index (χ0v) is 13.4. The molecule has 2 aromatic rings. The molecule has 1 aliphatic carbocycles. The Labute approximate surface area is 126 Å². The van der Waals surface area contributed by atoms with Crippen molar-refractivity contribution in [1.82, 2.24) is 0 Å². The standard InChI is InChI=1S/C14H10Br2OS/c15-13-7-11(14(16)18-13)12(17)6-9-5-8-3-1-2-4-10(8)9/h1-4,7,9H,5-6H2. The molecular formula is C14H10Br2OS. The first-order valence-electron chi connectivity index (χ1n) is 5.71. The molecule has 18 heavy (non-hydrogen) atoms. The van der Waals surface area contributed by atoms with Crippen LogP contribution in [0.1, 0.15) is 33.8 Å². The number of Topliss-reactive ketones (excluding diaryl/α,β-unsaturated/α-hetero) is 1. The van der Waals surface area contributed by atoms with Crippen LogP contribution in [0.15, 0.2) is 37.9 Å². The Balaban J connectivity index is 1.76. The Bertz CT molecular complexity index is 618. The van der Waals surface area contributed by atoms with E-state index < -0.39 is 0 Å². The fourth-order valence-corrected chi connectivity index (χ4v) is 5.26. The van der Waals surface area contributed by atoms with Crippen molar-refractivity contribution in [2.24, 2.45) is 0 Å². The molecule has 0 radical (unpaired) electrons. The fourth-order valence-electron chi connectivity index (χ4n) is 2.41. The minimum Gasteiger partial charge on any atom is -0.294 e. The lowest BCUT2D eigenvalue weighted by Crippen LogP contribution is -2.20. The number of benzene rings is 1. The normalized spacial score (nSPS) is 17.1. The van der Waals surface area contributed by atoms with Gasteiger partial charge in [-0.25, -0.2) is 0 Å². The predicted molar refractivity (Wildman–Crippen MR) is 81.6 cm³/mol. The van der Waals surface area contributed by atoms with Crippen LogP contribution >= 0.6 is 43.2 Å². The number of rotatable bonds is 3. The molecule has 0 N–H and O–H groups in total. The van der Waals surface area contributed by atoms with Crippen molar-refractivity contribution >= 4 is 49.0 Å². The molecule has 3 rings (SSSR count). The average Bonchev–Trinajstić information content (AvgIpc) is 2.65. The predicted octanol–water partition coefficient (Wildman–Crippen LogP) is 5.19. The van der Waals surface area contributed by atoms with Crippen molar-refractivity contribution in [3.05, 3.63) is 54.6 Å². The number of halogens is 2. The van der Waals surface area contributed by atoms with Gasteiger partial charge in [-0.2, -0.15) is 0 Å². The maximum atomic E-state index is 12.2. The van der Waals surface area contributed by atoms with Crippen molar-refractivity contribution in [3.63, 3.8) is 0 Å². The van der Waals surface area contributed by atoms with Crippen molar-refractivity contribution in [2.45, 2.75) is 18.8 Å². The van der Waals surface area contributed by atoms with Gasteiger partial charge in [-0.05, 0) is 61.4 Å². The van der Waals surface area contributed by atoms with Crippen LogP contribution in [0.25, 0.3) is 0 Å². The van der Waals surface area contributed by atoms with Crippen LogP contribution in [0, 0.1) is 0 Å². The van der Waals surface area contributed by atoms with E-state index in [1.807, 2.05) is 12.1 Å². The van der Waals surface area contributed by atoms with Gasteiger partial charge in [0.2, 0.25) is 0 Å². The van der Waals surface area contributed by atoms with Crippen LogP contribution in [0.5, 0.6) is 0 Å². The molecule has 0 aliphatic heterocycles. The molecular weight excluding hydrogens is 376 g/mol. The summed E-state index contributed by atoms with van der Waals surface area (Å²) in [5.74, 6) is 0.627. The van der Waals surface area contributed by atoms with Crippen LogP contribution in [0.4, 0.5) is 0 Å². The van der Waals surface area contributed by atoms with Gasteiger partial charge in [0.25, 0.3) is 0 Å². The number of thiophene rings is 1. The van der Waals surface area contributed by atoms with E-state index >= 15 is 0 Å². The summed E-state index contributed by atoms with van der Waals surface area (Å²) < 4.78 is 1.92. The molecule has 0 bridgehead atoms. The highest BCUT2D eigenvalue weighted by Gasteiger charge is 2.28. The zero-order valence-electron chi connectivity index (χ0n) is 9.45. The van der Waals surface area contributed by atoms with Gasteiger partial charge in [-0.3, -0.25) is 4.79 Å². The molecule has 0 spiro atoms. The monoisotopic (exact) mass is 384 g/mol. The van der Waals surface area contributed by atoms with E-state index in [0.717, 1.165) is 19.6 Å². The number of ketones is 1. The quantitative estimate of drug-likeness (QED) is 0.664. The van der Waals surface area contributed by atoms with E-state index in [-0.39, 0.29) is 5.78 Å². The first kappa shape index (κ1) is 12.6. The lowest BCUT2D eigenvalue weighted by molar-refractivity contribution is 0.0970. The van der Waals surface area contributed by atoms with Crippen LogP contribution in [-0.2, 0) is 6.42 Å². The number of hydrogen-bond donors (Lipinski definition) is 0. The van der Waals surface area contributed by atoms with Gasteiger partial charge < -0.3 is 0 Å². The van der Waals surface area contributed by atoms with Crippen LogP contribution in [-0.4, -0.2) is 5.78 Å². The first-order chi connectivity index (χ1) is 8.65. The third kappa shape index (κ3) is 2.22. The van der Waals surface area contributed by atoms with Crippen molar-refractivity contribution in [1.29, 1.82) is 0 Å². The highest BCUT2D eigenvalue weighted by Crippen LogP contribution is 2.39. The highest BCUT2D eigenvalue weighted by molar-refractivity contribution is 9.12. The molecule has 1 aliphatic rings. The molecule has 0 fully saturated rings. The largest absolute Gasteiger partial charge is 0.294 e. The number of hydrogen-bond acceptors (Lipinski definition) is 2. The topological polar surface area (TPSA) is 17.1 Å². The maximum absolute atomic E-state index is 12.2. The second-order valence-electron chi connectivity index (χ2n) is 4.47. The van der Waals surface area contributed by atoms with Gasteiger partial charge >= 0.3 is 0 Å². The second-order valence-corrected chi connectivity index (χ2v) is 8.21. The van der Waals surface area contributed by atoms with Gasteiger partial charge in [-0.1, -0.05) is 24.3 Å². The Kier molecular flexibility index (Phi) is 3.43. The molecule has 1 atom stereocenters. The number of carbonyl (C=O) groups is 1. The summed E-state index contributed by atoms with van der Waals surface area (Å²) in [7, 11) is 0. The van der Waals surface area contributed by atoms with E-state index in [0.29, 0.717) is 12.3 Å². The molecule has 0 saturated heterocycles. The van der Waals surface area contributed by atoms with Gasteiger partial charge in [0.1, 0.15) is 0 Å². The molecule has 1 aromatic heterocycles. The van der Waals surface area contributed by atoms with E-state index in [1.165, 1.54) is 11.1 Å². The molecule has 92 valence electrons. The molecule has 0 saturated carbocycles. The zero-order chi connectivity index (χ0) is 12.7. The van der Waals surface area contributed by atoms with E-state index in [9.17, 15) is 4.79 Å². The SMILES string of the molecule is O=C(CC1Cc2ccccc21)c1cc(Br)sc1Br. The minimum absolute atomic E-state index is 0.225. The van der Waals surface area contributed by atoms with E-state index in [2.05, 4.69) is 50.1 Å². The molecule has 1 aromatic carbocycles. The fraction of sp³-hybridized carbons (Fsp3) is 0.214. The summed E-state index contributed by atoms with van der Waals surface area (Å²) in [6.45, 7) is 0. The van der Waals surface area contributed by atoms with Gasteiger partial charge in [-0.15, -0.1) is 11.3 Å². The third-order valence-electron chi connectivity index (χ3n) is 3.35. The maximum Gasteiger partial charge on any atom is 0.165 e. The molecule has 1 heterocycles. The lowest BCUT2D eigenvalue weighted by Gasteiger charge is -2.29. The summed E-state index contributed by atoms with van der Waals surface area (Å²) >= 11 is 8.41. The Morgan fingerprint density at radius 2 is 2.11 bits per heavy atom. The van der Waals surface area contributed by atoms with Crippen molar-refractivity contribution in [3.8, 4) is 0 Å². The van der Waals surface area contributed by atoms with Crippen molar-refractivity contribution in [2.75, 3.05) is 0 Å². The van der Waals surface area contributed by atoms with Crippen LogP contribution in [0.2, 0.25) is 0 Å². The Morgan fingerprint density at radius 3 is 2.78 bits per heavy atom. The second kappa shape index (κ2) is 4.91. The summed E-state index contributed by atoms with van der Waals surface area (Å²) in [6, 6.07) is 10.3. The van der Waals surface area contributed by atoms with Gasteiger partial charge in [0.05, 0.1) is 7.57 Å². The molecule has 4 heteroatoms. The summed E-state index contributed by atoms with van der Waals surface area (Å²) in [5, 5.41) is 0. The first-order valence-corrected chi connectivity index (χ1v) is 8.11. The highest BCUT2D eigenvalue weighted by atomic mass is 79.9. The average molecular weight is 386 g/mol. The van der Waals surface area contributed by atoms with E-state index in [4.69, 9.17) is 0 Å². The van der Waals surface area contributed by atoms with Crippen LogP contribution < -0.4 is 0 Å². The van der Waals surface area contributed by atoms with Crippen LogP contribution in [0.3, 0.4) is 0 Å². The summed E-state index contributed by atoms with van der Waals surface area (Å²) in [5.41, 5.74) is 3.54. The number of fused-ring (bicyclic) bond motifs is 1. The van der Waals surface area contributed by atoms with Crippen molar-refractivity contribution < 1.29 is 4.79 Å². The van der Waals surface area contributed by atoms with Gasteiger partial charge in [0.15, 0.2) is 5.78 Å².